The predicted octanol–water partition coefficient (Wildman–Crippen LogP) is 0.0305. The zero-order chi connectivity index (χ0) is 13.9. The second-order valence-corrected chi connectivity index (χ2v) is 6.54. The Morgan fingerprint density at radius 2 is 2.05 bits per heavy atom. The molecule has 1 aromatic rings. The molecule has 6 nitrogen and oxygen atoms in total. The molecule has 0 bridgehead atoms. The third-order valence-electron chi connectivity index (χ3n) is 3.19. The molecule has 0 unspecified atom stereocenters. The summed E-state index contributed by atoms with van der Waals surface area (Å²) in [5.41, 5.74) is 1.32. The molecule has 2 heterocycles. The van der Waals surface area contributed by atoms with Gasteiger partial charge in [0.2, 0.25) is 10.0 Å². The van der Waals surface area contributed by atoms with Crippen LogP contribution in [0.4, 0.5) is 0 Å². The van der Waals surface area contributed by atoms with Crippen molar-refractivity contribution in [1.29, 1.82) is 5.26 Å². The molecule has 0 N–H and O–H groups in total. The third-order valence-corrected chi connectivity index (χ3v) is 4.49. The molecular weight excluding hydrogens is 264 g/mol. The molecule has 102 valence electrons. The summed E-state index contributed by atoms with van der Waals surface area (Å²) in [7, 11) is -3.09. The first-order chi connectivity index (χ1) is 9.00. The highest BCUT2D eigenvalue weighted by Gasteiger charge is 2.23. The van der Waals surface area contributed by atoms with Gasteiger partial charge >= 0.3 is 0 Å². The van der Waals surface area contributed by atoms with Gasteiger partial charge in [0.15, 0.2) is 0 Å². The summed E-state index contributed by atoms with van der Waals surface area (Å²) < 4.78 is 24.3. The maximum atomic E-state index is 11.4. The van der Waals surface area contributed by atoms with Gasteiger partial charge < -0.3 is 0 Å². The van der Waals surface area contributed by atoms with Crippen LogP contribution in [0.1, 0.15) is 11.3 Å². The van der Waals surface area contributed by atoms with Gasteiger partial charge in [-0.25, -0.2) is 13.4 Å². The molecular formula is C12H16N4O2S. The zero-order valence-corrected chi connectivity index (χ0v) is 11.6. The van der Waals surface area contributed by atoms with E-state index in [1.807, 2.05) is 12.1 Å². The van der Waals surface area contributed by atoms with Crippen molar-refractivity contribution in [3.63, 3.8) is 0 Å². The summed E-state index contributed by atoms with van der Waals surface area (Å²) in [5, 5.41) is 8.98. The van der Waals surface area contributed by atoms with Crippen LogP contribution in [0.5, 0.6) is 0 Å². The molecule has 19 heavy (non-hydrogen) atoms. The molecule has 0 saturated carbocycles. The maximum Gasteiger partial charge on any atom is 0.211 e. The smallest absolute Gasteiger partial charge is 0.211 e. The second-order valence-electron chi connectivity index (χ2n) is 4.56. The van der Waals surface area contributed by atoms with Crippen molar-refractivity contribution in [3.05, 3.63) is 29.6 Å². The summed E-state index contributed by atoms with van der Waals surface area (Å²) in [6.07, 6.45) is 2.83. The predicted molar refractivity (Wildman–Crippen MR) is 70.6 cm³/mol. The summed E-state index contributed by atoms with van der Waals surface area (Å²) in [4.78, 5) is 6.16. The van der Waals surface area contributed by atoms with Crippen LogP contribution < -0.4 is 0 Å². The SMILES string of the molecule is CS(=O)(=O)N1CCN(Cc2cccnc2C#N)CC1. The minimum absolute atomic E-state index is 0.438. The molecule has 1 aliphatic rings. The van der Waals surface area contributed by atoms with Crippen molar-refractivity contribution in [3.8, 4) is 6.07 Å². The molecule has 0 spiro atoms. The van der Waals surface area contributed by atoms with Crippen LogP contribution >= 0.6 is 0 Å². The van der Waals surface area contributed by atoms with E-state index in [2.05, 4.69) is 16.0 Å². The highest BCUT2D eigenvalue weighted by atomic mass is 32.2. The minimum atomic E-state index is -3.09. The number of rotatable bonds is 3. The molecule has 0 aromatic carbocycles. The monoisotopic (exact) mass is 280 g/mol. The van der Waals surface area contributed by atoms with Gasteiger partial charge in [0.05, 0.1) is 6.26 Å². The zero-order valence-electron chi connectivity index (χ0n) is 10.8. The third kappa shape index (κ3) is 3.50. The van der Waals surface area contributed by atoms with Crippen LogP contribution in [0.2, 0.25) is 0 Å². The van der Waals surface area contributed by atoms with E-state index in [1.54, 1.807) is 6.20 Å². The average Bonchev–Trinajstić information content (AvgIpc) is 2.39. The van der Waals surface area contributed by atoms with E-state index in [0.29, 0.717) is 38.4 Å². The largest absolute Gasteiger partial charge is 0.296 e. The quantitative estimate of drug-likeness (QED) is 0.780. The van der Waals surface area contributed by atoms with Crippen LogP contribution in [0.3, 0.4) is 0 Å². The number of sulfonamides is 1. The fraction of sp³-hybridized carbons (Fsp3) is 0.500. The Bertz CT molecular complexity index is 586. The first-order valence-electron chi connectivity index (χ1n) is 6.02. The lowest BCUT2D eigenvalue weighted by molar-refractivity contribution is 0.182. The van der Waals surface area contributed by atoms with E-state index in [9.17, 15) is 8.42 Å². The van der Waals surface area contributed by atoms with Crippen molar-refractivity contribution >= 4 is 10.0 Å². The molecule has 2 rings (SSSR count). The van der Waals surface area contributed by atoms with Gasteiger partial charge in [-0.05, 0) is 6.07 Å². The van der Waals surface area contributed by atoms with Crippen molar-refractivity contribution in [1.82, 2.24) is 14.2 Å². The molecule has 1 fully saturated rings. The number of piperazine rings is 1. The van der Waals surface area contributed by atoms with Gasteiger partial charge in [-0.2, -0.15) is 9.57 Å². The number of hydrogen-bond donors (Lipinski definition) is 0. The van der Waals surface area contributed by atoms with Crippen LogP contribution in [-0.4, -0.2) is 55.0 Å². The Balaban J connectivity index is 1.98. The normalized spacial score (nSPS) is 18.1. The Labute approximate surface area is 113 Å². The van der Waals surface area contributed by atoms with E-state index >= 15 is 0 Å². The lowest BCUT2D eigenvalue weighted by atomic mass is 10.2. The minimum Gasteiger partial charge on any atom is -0.296 e. The number of nitrogens with zero attached hydrogens (tertiary/aromatic N) is 4. The summed E-state index contributed by atoms with van der Waals surface area (Å²) >= 11 is 0. The molecule has 7 heteroatoms. The Morgan fingerprint density at radius 1 is 1.37 bits per heavy atom. The molecule has 1 saturated heterocycles. The maximum absolute atomic E-state index is 11.4. The molecule has 1 aromatic heterocycles. The van der Waals surface area contributed by atoms with E-state index in [4.69, 9.17) is 5.26 Å². The average molecular weight is 280 g/mol. The first kappa shape index (κ1) is 13.9. The molecule has 1 aliphatic heterocycles. The van der Waals surface area contributed by atoms with Gasteiger partial charge in [-0.3, -0.25) is 4.90 Å². The lowest BCUT2D eigenvalue weighted by Gasteiger charge is -2.33. The Morgan fingerprint density at radius 3 is 2.63 bits per heavy atom. The van der Waals surface area contributed by atoms with Crippen molar-refractivity contribution in [2.75, 3.05) is 32.4 Å². The molecule has 0 aliphatic carbocycles. The number of hydrogen-bond acceptors (Lipinski definition) is 5. The Hall–Kier alpha value is -1.49. The van der Waals surface area contributed by atoms with Crippen molar-refractivity contribution in [2.45, 2.75) is 6.54 Å². The topological polar surface area (TPSA) is 77.3 Å². The first-order valence-corrected chi connectivity index (χ1v) is 7.87. The molecule has 0 radical (unpaired) electrons. The van der Waals surface area contributed by atoms with Crippen molar-refractivity contribution < 1.29 is 8.42 Å². The van der Waals surface area contributed by atoms with E-state index in [1.165, 1.54) is 10.6 Å². The van der Waals surface area contributed by atoms with Crippen LogP contribution in [0.25, 0.3) is 0 Å². The summed E-state index contributed by atoms with van der Waals surface area (Å²) in [6, 6.07) is 5.77. The fourth-order valence-electron chi connectivity index (χ4n) is 2.13. The molecule has 0 atom stereocenters. The molecule has 0 amide bonds. The fourth-order valence-corrected chi connectivity index (χ4v) is 2.95. The highest BCUT2D eigenvalue weighted by Crippen LogP contribution is 2.12. The van der Waals surface area contributed by atoms with Gasteiger partial charge in [-0.15, -0.1) is 0 Å². The standard InChI is InChI=1S/C12H16N4O2S/c1-19(17,18)16-7-5-15(6-8-16)10-11-3-2-4-14-12(11)9-13/h2-4H,5-8,10H2,1H3. The van der Waals surface area contributed by atoms with Crippen molar-refractivity contribution in [2.24, 2.45) is 0 Å². The Kier molecular flexibility index (Phi) is 4.14. The van der Waals surface area contributed by atoms with Gasteiger partial charge in [0.25, 0.3) is 0 Å². The number of aromatic nitrogens is 1. The summed E-state index contributed by atoms with van der Waals surface area (Å²) in [6.45, 7) is 2.98. The van der Waals surface area contributed by atoms with E-state index in [0.717, 1.165) is 5.56 Å². The van der Waals surface area contributed by atoms with E-state index in [-0.39, 0.29) is 0 Å². The van der Waals surface area contributed by atoms with Crippen LogP contribution in [0, 0.1) is 11.3 Å². The van der Waals surface area contributed by atoms with Gasteiger partial charge in [0.1, 0.15) is 11.8 Å². The van der Waals surface area contributed by atoms with Gasteiger partial charge in [0, 0.05) is 44.5 Å². The van der Waals surface area contributed by atoms with Gasteiger partial charge in [-0.1, -0.05) is 6.07 Å². The highest BCUT2D eigenvalue weighted by molar-refractivity contribution is 7.88. The van der Waals surface area contributed by atoms with E-state index < -0.39 is 10.0 Å². The van der Waals surface area contributed by atoms with Crippen LogP contribution in [0.15, 0.2) is 18.3 Å². The van der Waals surface area contributed by atoms with Crippen LogP contribution in [-0.2, 0) is 16.6 Å². The number of nitriles is 1. The summed E-state index contributed by atoms with van der Waals surface area (Å²) in [5.74, 6) is 0. The second kappa shape index (κ2) is 5.65. The number of pyridine rings is 1. The lowest BCUT2D eigenvalue weighted by Crippen LogP contribution is -2.47.